The van der Waals surface area contributed by atoms with Gasteiger partial charge in [0.1, 0.15) is 5.56 Å². The van der Waals surface area contributed by atoms with Crippen molar-refractivity contribution in [2.24, 2.45) is 4.99 Å². The number of aromatic hydroxyl groups is 1. The first kappa shape index (κ1) is 17.6. The molecule has 0 unspecified atom stereocenters. The number of allylic oxidation sites excluding steroid dienone is 1. The maximum absolute atomic E-state index is 12.4. The van der Waals surface area contributed by atoms with Crippen molar-refractivity contribution < 1.29 is 15.0 Å². The molecule has 0 fully saturated rings. The van der Waals surface area contributed by atoms with Crippen LogP contribution in [0.5, 0.6) is 5.88 Å². The predicted molar refractivity (Wildman–Crippen MR) is 108 cm³/mol. The minimum Gasteiger partial charge on any atom is -0.494 e. The molecular weight excluding hydrogens is 378 g/mol. The zero-order chi connectivity index (χ0) is 19.8. The lowest BCUT2D eigenvalue weighted by atomic mass is 10.1. The van der Waals surface area contributed by atoms with Gasteiger partial charge in [-0.25, -0.2) is 4.79 Å². The van der Waals surface area contributed by atoms with Crippen LogP contribution in [0, 0.1) is 4.77 Å². The number of nitrogens with one attached hydrogen (secondary N) is 1. The van der Waals surface area contributed by atoms with Crippen LogP contribution >= 0.6 is 12.2 Å². The van der Waals surface area contributed by atoms with E-state index < -0.39 is 11.5 Å². The summed E-state index contributed by atoms with van der Waals surface area (Å²) < 4.78 is 1.17. The molecule has 2 aromatic carbocycles. The largest absolute Gasteiger partial charge is 0.494 e. The first-order valence-electron chi connectivity index (χ1n) is 8.23. The predicted octanol–water partition coefficient (Wildman–Crippen LogP) is 3.56. The van der Waals surface area contributed by atoms with Crippen molar-refractivity contribution in [1.29, 1.82) is 0 Å². The van der Waals surface area contributed by atoms with Crippen LogP contribution in [0.25, 0.3) is 17.3 Å². The number of H-pyrrole nitrogens is 1. The van der Waals surface area contributed by atoms with E-state index in [4.69, 9.17) is 12.2 Å². The van der Waals surface area contributed by atoms with Crippen molar-refractivity contribution in [3.05, 3.63) is 80.3 Å². The Morgan fingerprint density at radius 3 is 2.75 bits per heavy atom. The van der Waals surface area contributed by atoms with Crippen LogP contribution < -0.4 is 5.56 Å². The average molecular weight is 391 g/mol. The molecule has 0 bridgehead atoms. The first-order chi connectivity index (χ1) is 13.5. The van der Waals surface area contributed by atoms with Crippen LogP contribution in [0.15, 0.2) is 58.3 Å². The fourth-order valence-corrected chi connectivity index (χ4v) is 3.28. The van der Waals surface area contributed by atoms with E-state index in [1.807, 2.05) is 24.3 Å². The van der Waals surface area contributed by atoms with E-state index in [1.165, 1.54) is 28.8 Å². The normalized spacial score (nSPS) is 13.6. The van der Waals surface area contributed by atoms with E-state index in [-0.39, 0.29) is 21.8 Å². The zero-order valence-electron chi connectivity index (χ0n) is 14.3. The second-order valence-corrected chi connectivity index (χ2v) is 6.45. The average Bonchev–Trinajstić information content (AvgIpc) is 3.08. The molecule has 1 aliphatic heterocycles. The summed E-state index contributed by atoms with van der Waals surface area (Å²) in [5.41, 5.74) is 2.06. The highest BCUT2D eigenvalue weighted by molar-refractivity contribution is 7.71. The molecule has 0 amide bonds. The molecule has 0 aliphatic carbocycles. The molecule has 0 saturated heterocycles. The zero-order valence-corrected chi connectivity index (χ0v) is 15.1. The highest BCUT2D eigenvalue weighted by atomic mass is 32.1. The van der Waals surface area contributed by atoms with Crippen LogP contribution in [0.1, 0.15) is 21.5 Å². The number of aromatic carboxylic acids is 1. The number of fused-ring (bicyclic) bond motifs is 1. The van der Waals surface area contributed by atoms with Crippen molar-refractivity contribution in [2.75, 3.05) is 0 Å². The lowest BCUT2D eigenvalue weighted by molar-refractivity contribution is 0.0697. The third-order valence-electron chi connectivity index (χ3n) is 4.33. The Hall–Kier alpha value is -3.78. The van der Waals surface area contributed by atoms with Gasteiger partial charge >= 0.3 is 5.97 Å². The van der Waals surface area contributed by atoms with Crippen LogP contribution in [-0.2, 0) is 0 Å². The van der Waals surface area contributed by atoms with Gasteiger partial charge in [0.15, 0.2) is 4.77 Å². The molecule has 1 aliphatic rings. The minimum atomic E-state index is -1.11. The van der Waals surface area contributed by atoms with Gasteiger partial charge in [-0.3, -0.25) is 19.3 Å². The Kier molecular flexibility index (Phi) is 4.25. The molecule has 0 radical (unpaired) electrons. The van der Waals surface area contributed by atoms with Crippen molar-refractivity contribution >= 4 is 41.7 Å². The second-order valence-electron chi connectivity index (χ2n) is 6.06. The fraction of sp³-hybridized carbons (Fsp3) is 0. The van der Waals surface area contributed by atoms with E-state index in [1.54, 1.807) is 12.3 Å². The summed E-state index contributed by atoms with van der Waals surface area (Å²) in [6.45, 7) is 0. The molecular formula is C20H13N3O4S. The smallest absolute Gasteiger partial charge is 0.335 e. The number of para-hydroxylation sites is 1. The van der Waals surface area contributed by atoms with E-state index in [0.29, 0.717) is 11.3 Å². The Balaban J connectivity index is 1.91. The fourth-order valence-electron chi connectivity index (χ4n) is 3.00. The van der Waals surface area contributed by atoms with E-state index in [9.17, 15) is 19.8 Å². The maximum Gasteiger partial charge on any atom is 0.335 e. The van der Waals surface area contributed by atoms with Crippen LogP contribution in [0.4, 0.5) is 5.69 Å². The highest BCUT2D eigenvalue weighted by Gasteiger charge is 2.17. The lowest BCUT2D eigenvalue weighted by Crippen LogP contribution is -2.16. The van der Waals surface area contributed by atoms with E-state index >= 15 is 0 Å². The molecule has 0 spiro atoms. The molecule has 0 saturated carbocycles. The Labute approximate surface area is 163 Å². The first-order valence-corrected chi connectivity index (χ1v) is 8.64. The van der Waals surface area contributed by atoms with Crippen LogP contribution in [-0.4, -0.2) is 31.9 Å². The number of rotatable bonds is 3. The number of carboxylic acids is 1. The standard InChI is InChI=1S/C20H13N3O4S/c24-17-15(9-12-10-21-16-7-2-1-6-14(12)16)18(25)23(20(28)22-17)13-5-3-4-11(8-13)19(26)27/h1-10,25H,(H,26,27)(H,22,24,28). The number of nitrogens with zero attached hydrogens (tertiary/aromatic N) is 2. The number of hydrogen-bond acceptors (Lipinski definition) is 5. The topological polar surface area (TPSA) is 108 Å². The molecule has 0 atom stereocenters. The highest BCUT2D eigenvalue weighted by Crippen LogP contribution is 2.33. The monoisotopic (exact) mass is 391 g/mol. The SMILES string of the molecule is O=C(O)c1cccc(-n2c(O)c(C=C3C=Nc4ccccc43)c(=O)[nH]c2=S)c1. The Bertz CT molecular complexity index is 1300. The quantitative estimate of drug-likeness (QED) is 0.592. The number of hydrogen-bond donors (Lipinski definition) is 3. The summed E-state index contributed by atoms with van der Waals surface area (Å²) in [5, 5.41) is 20.0. The number of benzene rings is 2. The Morgan fingerprint density at radius 2 is 1.96 bits per heavy atom. The van der Waals surface area contributed by atoms with Crippen molar-refractivity contribution in [2.45, 2.75) is 0 Å². The third-order valence-corrected chi connectivity index (χ3v) is 4.61. The van der Waals surface area contributed by atoms with Gasteiger partial charge in [-0.05, 0) is 42.6 Å². The number of carbonyl (C=O) groups is 1. The molecule has 3 N–H and O–H groups in total. The molecule has 138 valence electrons. The summed E-state index contributed by atoms with van der Waals surface area (Å²) in [7, 11) is 0. The molecule has 28 heavy (non-hydrogen) atoms. The number of aromatic amines is 1. The van der Waals surface area contributed by atoms with Crippen LogP contribution in [0.2, 0.25) is 0 Å². The summed E-state index contributed by atoms with van der Waals surface area (Å²) >= 11 is 5.18. The van der Waals surface area contributed by atoms with Crippen LogP contribution in [0.3, 0.4) is 0 Å². The molecule has 4 rings (SSSR count). The van der Waals surface area contributed by atoms with Gasteiger partial charge in [0, 0.05) is 17.4 Å². The van der Waals surface area contributed by atoms with Crippen molar-refractivity contribution in [1.82, 2.24) is 9.55 Å². The molecule has 3 aromatic rings. The molecule has 1 aromatic heterocycles. The third kappa shape index (κ3) is 2.95. The van der Waals surface area contributed by atoms with E-state index in [0.717, 1.165) is 11.3 Å². The van der Waals surface area contributed by atoms with Crippen molar-refractivity contribution in [3.8, 4) is 11.6 Å². The van der Waals surface area contributed by atoms with Gasteiger partial charge in [-0.1, -0.05) is 24.3 Å². The summed E-state index contributed by atoms with van der Waals surface area (Å²) in [4.78, 5) is 30.5. The van der Waals surface area contributed by atoms with Gasteiger partial charge in [0.25, 0.3) is 5.56 Å². The molecule has 8 heteroatoms. The summed E-state index contributed by atoms with van der Waals surface area (Å²) in [5.74, 6) is -1.50. The number of aromatic nitrogens is 2. The summed E-state index contributed by atoms with van der Waals surface area (Å²) in [6.07, 6.45) is 3.14. The van der Waals surface area contributed by atoms with Gasteiger partial charge < -0.3 is 10.2 Å². The van der Waals surface area contributed by atoms with Gasteiger partial charge in [0.2, 0.25) is 5.88 Å². The molecule has 2 heterocycles. The minimum absolute atomic E-state index is 0.00696. The van der Waals surface area contributed by atoms with Gasteiger partial charge in [-0.2, -0.15) is 0 Å². The molecule has 7 nitrogen and oxygen atoms in total. The van der Waals surface area contributed by atoms with Gasteiger partial charge in [-0.15, -0.1) is 0 Å². The second kappa shape index (κ2) is 6.75. The number of aliphatic imine (C=N–C) groups is 1. The van der Waals surface area contributed by atoms with E-state index in [2.05, 4.69) is 9.98 Å². The summed E-state index contributed by atoms with van der Waals surface area (Å²) in [6, 6.07) is 13.3. The number of carboxylic acid groups (broad SMARTS) is 1. The van der Waals surface area contributed by atoms with Crippen molar-refractivity contribution in [3.63, 3.8) is 0 Å². The maximum atomic E-state index is 12.4. The van der Waals surface area contributed by atoms with Gasteiger partial charge in [0.05, 0.1) is 16.9 Å². The lowest BCUT2D eigenvalue weighted by Gasteiger charge is -2.12. The Morgan fingerprint density at radius 1 is 1.18 bits per heavy atom.